The Morgan fingerprint density at radius 2 is 2.11 bits per heavy atom. The Morgan fingerprint density at radius 3 is 2.84 bits per heavy atom. The van der Waals surface area contributed by atoms with Crippen LogP contribution in [0, 0.1) is 5.92 Å². The molecule has 0 amide bonds. The number of hydrogen-bond acceptors (Lipinski definition) is 1. The highest BCUT2D eigenvalue weighted by Crippen LogP contribution is 2.37. The van der Waals surface area contributed by atoms with Gasteiger partial charge in [0.15, 0.2) is 0 Å². The van der Waals surface area contributed by atoms with Gasteiger partial charge in [-0.2, -0.15) is 0 Å². The summed E-state index contributed by atoms with van der Waals surface area (Å²) in [5, 5.41) is 3.76. The summed E-state index contributed by atoms with van der Waals surface area (Å²) in [6.07, 6.45) is 11.2. The molecule has 1 aromatic carbocycles. The van der Waals surface area contributed by atoms with Gasteiger partial charge in [-0.25, -0.2) is 0 Å². The number of allylic oxidation sites excluding steroid dienone is 2. The van der Waals surface area contributed by atoms with Crippen molar-refractivity contribution in [2.24, 2.45) is 5.92 Å². The van der Waals surface area contributed by atoms with Gasteiger partial charge in [-0.1, -0.05) is 40.2 Å². The molecule has 1 atom stereocenters. The van der Waals surface area contributed by atoms with Gasteiger partial charge in [0.1, 0.15) is 0 Å². The van der Waals surface area contributed by atoms with Crippen LogP contribution in [0.25, 0.3) is 0 Å². The first-order valence-electron chi connectivity index (χ1n) is 7.45. The van der Waals surface area contributed by atoms with Gasteiger partial charge in [0.05, 0.1) is 0 Å². The Hall–Kier alpha value is -0.600. The van der Waals surface area contributed by atoms with E-state index in [9.17, 15) is 0 Å². The van der Waals surface area contributed by atoms with Gasteiger partial charge < -0.3 is 5.32 Å². The summed E-state index contributed by atoms with van der Waals surface area (Å²) in [5.41, 5.74) is 1.49. The van der Waals surface area contributed by atoms with Crippen LogP contribution in [0.15, 0.2) is 40.9 Å². The van der Waals surface area contributed by atoms with Crippen molar-refractivity contribution in [3.05, 3.63) is 46.5 Å². The Balaban J connectivity index is 1.41. The molecule has 2 heteroatoms. The summed E-state index contributed by atoms with van der Waals surface area (Å²) in [7, 11) is 0. The number of hydrogen-bond donors (Lipinski definition) is 1. The monoisotopic (exact) mass is 319 g/mol. The molecule has 1 N–H and O–H groups in total. The lowest BCUT2D eigenvalue weighted by atomic mass is 9.75. The topological polar surface area (TPSA) is 12.0 Å². The third kappa shape index (κ3) is 3.49. The van der Waals surface area contributed by atoms with E-state index >= 15 is 0 Å². The highest BCUT2D eigenvalue weighted by Gasteiger charge is 2.30. The van der Waals surface area contributed by atoms with Crippen molar-refractivity contribution in [1.82, 2.24) is 5.32 Å². The van der Waals surface area contributed by atoms with Crippen LogP contribution in [0.2, 0.25) is 0 Å². The van der Waals surface area contributed by atoms with E-state index in [4.69, 9.17) is 0 Å². The zero-order valence-electron chi connectivity index (χ0n) is 11.3. The number of benzene rings is 1. The lowest BCUT2D eigenvalue weighted by Gasteiger charge is -2.37. The van der Waals surface area contributed by atoms with Crippen LogP contribution in [0.1, 0.15) is 43.6 Å². The predicted octanol–water partition coefficient (Wildman–Crippen LogP) is 4.64. The number of halogens is 1. The summed E-state index contributed by atoms with van der Waals surface area (Å²) in [6.45, 7) is 1.21. The quantitative estimate of drug-likeness (QED) is 0.797. The highest BCUT2D eigenvalue weighted by atomic mass is 79.9. The van der Waals surface area contributed by atoms with Gasteiger partial charge in [0, 0.05) is 10.5 Å². The Kier molecular flexibility index (Phi) is 4.39. The van der Waals surface area contributed by atoms with Crippen LogP contribution < -0.4 is 5.32 Å². The Bertz CT molecular complexity index is 448. The lowest BCUT2D eigenvalue weighted by Crippen LogP contribution is -2.42. The molecule has 1 nitrogen and oxygen atoms in total. The van der Waals surface area contributed by atoms with Gasteiger partial charge in [0.2, 0.25) is 0 Å². The summed E-state index contributed by atoms with van der Waals surface area (Å²) < 4.78 is 1.20. The first kappa shape index (κ1) is 13.4. The van der Waals surface area contributed by atoms with Crippen LogP contribution in [0.3, 0.4) is 0 Å². The first-order chi connectivity index (χ1) is 9.31. The summed E-state index contributed by atoms with van der Waals surface area (Å²) in [6, 6.07) is 9.53. The molecule has 19 heavy (non-hydrogen) atoms. The van der Waals surface area contributed by atoms with Crippen molar-refractivity contribution in [3.8, 4) is 0 Å². The van der Waals surface area contributed by atoms with Gasteiger partial charge in [-0.05, 0) is 68.2 Å². The molecule has 0 aromatic heterocycles. The second-order valence-corrected chi connectivity index (χ2v) is 6.89. The van der Waals surface area contributed by atoms with Gasteiger partial charge in [-0.3, -0.25) is 0 Å². The molecule has 0 bridgehead atoms. The van der Waals surface area contributed by atoms with Crippen LogP contribution in [0.4, 0.5) is 0 Å². The minimum absolute atomic E-state index is 0.745. The second kappa shape index (κ2) is 6.23. The largest absolute Gasteiger partial charge is 0.314 e. The fourth-order valence-corrected chi connectivity index (χ4v) is 3.61. The van der Waals surface area contributed by atoms with E-state index in [1.54, 1.807) is 0 Å². The first-order valence-corrected chi connectivity index (χ1v) is 8.24. The lowest BCUT2D eigenvalue weighted by molar-refractivity contribution is 0.271. The van der Waals surface area contributed by atoms with E-state index in [2.05, 4.69) is 57.7 Å². The zero-order valence-corrected chi connectivity index (χ0v) is 12.9. The molecule has 0 saturated heterocycles. The third-order valence-corrected chi connectivity index (χ3v) is 5.02. The third-order valence-electron chi connectivity index (χ3n) is 4.53. The smallest absolute Gasteiger partial charge is 0.0178 e. The van der Waals surface area contributed by atoms with Crippen molar-refractivity contribution in [2.45, 2.75) is 44.1 Å². The highest BCUT2D eigenvalue weighted by molar-refractivity contribution is 9.10. The van der Waals surface area contributed by atoms with Crippen LogP contribution >= 0.6 is 15.9 Å². The molecular weight excluding hydrogens is 298 g/mol. The average Bonchev–Trinajstić information content (AvgIpc) is 2.38. The standard InChI is InChI=1S/C17H22BrN/c18-16-8-4-7-14(9-16)15-10-17(11-15)19-12-13-5-2-1-3-6-13/h1-2,4,7-9,13,15,17,19H,3,5-6,10-12H2. The SMILES string of the molecule is Brc1cccc(C2CC(NCC3CC=CCC3)C2)c1. The molecule has 1 saturated carbocycles. The molecule has 0 spiro atoms. The maximum atomic E-state index is 3.76. The van der Waals surface area contributed by atoms with E-state index < -0.39 is 0 Å². The predicted molar refractivity (Wildman–Crippen MR) is 84.4 cm³/mol. The maximum absolute atomic E-state index is 3.76. The van der Waals surface area contributed by atoms with Crippen molar-refractivity contribution in [1.29, 1.82) is 0 Å². The molecule has 0 radical (unpaired) electrons. The van der Waals surface area contributed by atoms with E-state index in [1.165, 1.54) is 48.7 Å². The summed E-state index contributed by atoms with van der Waals surface area (Å²) >= 11 is 3.56. The Morgan fingerprint density at radius 1 is 1.21 bits per heavy atom. The molecule has 2 aliphatic rings. The van der Waals surface area contributed by atoms with Gasteiger partial charge >= 0.3 is 0 Å². The minimum atomic E-state index is 0.745. The molecule has 0 heterocycles. The summed E-state index contributed by atoms with van der Waals surface area (Å²) in [4.78, 5) is 0. The average molecular weight is 320 g/mol. The van der Waals surface area contributed by atoms with Crippen LogP contribution in [0.5, 0.6) is 0 Å². The summed E-state index contributed by atoms with van der Waals surface area (Å²) in [5.74, 6) is 1.64. The van der Waals surface area contributed by atoms with Gasteiger partial charge in [-0.15, -0.1) is 0 Å². The van der Waals surface area contributed by atoms with E-state index in [1.807, 2.05) is 0 Å². The van der Waals surface area contributed by atoms with Crippen molar-refractivity contribution in [2.75, 3.05) is 6.54 Å². The van der Waals surface area contributed by atoms with Crippen LogP contribution in [-0.2, 0) is 0 Å². The molecular formula is C17H22BrN. The fourth-order valence-electron chi connectivity index (χ4n) is 3.19. The molecule has 102 valence electrons. The molecule has 0 aliphatic heterocycles. The Labute approximate surface area is 124 Å². The molecule has 1 fully saturated rings. The second-order valence-electron chi connectivity index (χ2n) is 5.98. The molecule has 2 aliphatic carbocycles. The number of nitrogens with one attached hydrogen (secondary N) is 1. The van der Waals surface area contributed by atoms with E-state index in [0.29, 0.717) is 0 Å². The molecule has 1 unspecified atom stereocenters. The number of rotatable bonds is 4. The molecule has 1 aromatic rings. The van der Waals surface area contributed by atoms with E-state index in [-0.39, 0.29) is 0 Å². The van der Waals surface area contributed by atoms with Crippen LogP contribution in [-0.4, -0.2) is 12.6 Å². The minimum Gasteiger partial charge on any atom is -0.314 e. The van der Waals surface area contributed by atoms with E-state index in [0.717, 1.165) is 17.9 Å². The van der Waals surface area contributed by atoms with Gasteiger partial charge in [0.25, 0.3) is 0 Å². The zero-order chi connectivity index (χ0) is 13.1. The van der Waals surface area contributed by atoms with Crippen molar-refractivity contribution in [3.63, 3.8) is 0 Å². The maximum Gasteiger partial charge on any atom is 0.0178 e. The normalized spacial score (nSPS) is 30.1. The fraction of sp³-hybridized carbons (Fsp3) is 0.529. The van der Waals surface area contributed by atoms with Crippen molar-refractivity contribution < 1.29 is 0 Å². The molecule has 3 rings (SSSR count). The van der Waals surface area contributed by atoms with Crippen molar-refractivity contribution >= 4 is 15.9 Å².